The predicted molar refractivity (Wildman–Crippen MR) is 145 cm³/mol. The van der Waals surface area contributed by atoms with E-state index in [4.69, 9.17) is 15.5 Å². The molecule has 0 aliphatic carbocycles. The highest BCUT2D eigenvalue weighted by atomic mass is 16.5. The summed E-state index contributed by atoms with van der Waals surface area (Å²) in [6.07, 6.45) is 2.40. The molecule has 1 saturated heterocycles. The van der Waals surface area contributed by atoms with E-state index in [1.165, 1.54) is 24.0 Å². The number of ether oxygens (including phenoxy) is 1. The smallest absolute Gasteiger partial charge is 0.198 e. The van der Waals surface area contributed by atoms with E-state index in [1.807, 2.05) is 12.1 Å². The second-order valence-electron chi connectivity index (χ2n) is 11.6. The van der Waals surface area contributed by atoms with Crippen LogP contribution in [0.25, 0.3) is 0 Å². The maximum atomic E-state index is 6.03. The maximum absolute atomic E-state index is 6.03. The third kappa shape index (κ3) is 7.76. The first-order valence-corrected chi connectivity index (χ1v) is 12.6. The Morgan fingerprint density at radius 2 is 1.62 bits per heavy atom. The van der Waals surface area contributed by atoms with Gasteiger partial charge in [0.1, 0.15) is 12.4 Å². The van der Waals surface area contributed by atoms with Gasteiger partial charge in [-0.1, -0.05) is 65.8 Å². The molecular weight excluding hydrogens is 420 g/mol. The molecule has 0 amide bonds. The zero-order valence-electron chi connectivity index (χ0n) is 22.0. The van der Waals surface area contributed by atoms with E-state index in [0.29, 0.717) is 19.7 Å². The van der Waals surface area contributed by atoms with Gasteiger partial charge in [-0.05, 0) is 71.5 Å². The van der Waals surface area contributed by atoms with E-state index in [9.17, 15) is 0 Å². The standard InChI is InChI=1S/C29H44N4O/c1-22-15-17-33(18-16-22)27(31-21-29(5,6)20-30)32-25-11-13-26(14-12-25)34-19-23-7-9-24(10-8-23)28(2,3)4/h7-14,22H,15-21,30H2,1-6H3,(H,31,32). The molecule has 5 heteroatoms. The lowest BCUT2D eigenvalue weighted by atomic mass is 9.87. The fourth-order valence-corrected chi connectivity index (χ4v) is 3.82. The number of guanidine groups is 1. The van der Waals surface area contributed by atoms with Gasteiger partial charge in [0.25, 0.3) is 0 Å². The molecule has 0 saturated carbocycles. The molecule has 0 aromatic heterocycles. The van der Waals surface area contributed by atoms with Gasteiger partial charge < -0.3 is 20.7 Å². The van der Waals surface area contributed by atoms with Gasteiger partial charge in [-0.2, -0.15) is 0 Å². The average Bonchev–Trinajstić information content (AvgIpc) is 2.81. The van der Waals surface area contributed by atoms with Crippen LogP contribution in [0, 0.1) is 11.3 Å². The van der Waals surface area contributed by atoms with Gasteiger partial charge in [-0.25, -0.2) is 0 Å². The first kappa shape index (κ1) is 26.1. The number of hydrogen-bond donors (Lipinski definition) is 2. The SMILES string of the molecule is CC1CCN(C(=NCC(C)(C)CN)Nc2ccc(OCc3ccc(C(C)(C)C)cc3)cc2)CC1. The van der Waals surface area contributed by atoms with E-state index in [2.05, 4.69) is 88.2 Å². The van der Waals surface area contributed by atoms with Crippen molar-refractivity contribution in [2.24, 2.45) is 22.1 Å². The van der Waals surface area contributed by atoms with Crippen LogP contribution in [0.1, 0.15) is 65.5 Å². The Morgan fingerprint density at radius 1 is 1.00 bits per heavy atom. The highest BCUT2D eigenvalue weighted by Crippen LogP contribution is 2.24. The van der Waals surface area contributed by atoms with Gasteiger partial charge in [0.05, 0.1) is 0 Å². The van der Waals surface area contributed by atoms with Gasteiger partial charge in [0.2, 0.25) is 0 Å². The van der Waals surface area contributed by atoms with Crippen molar-refractivity contribution in [1.82, 2.24) is 4.90 Å². The molecule has 186 valence electrons. The highest BCUT2D eigenvalue weighted by Gasteiger charge is 2.21. The van der Waals surface area contributed by atoms with Crippen LogP contribution in [0.5, 0.6) is 5.75 Å². The molecule has 3 rings (SSSR count). The lowest BCUT2D eigenvalue weighted by Crippen LogP contribution is -2.42. The number of anilines is 1. The van der Waals surface area contributed by atoms with Gasteiger partial charge in [0, 0.05) is 25.3 Å². The van der Waals surface area contributed by atoms with Gasteiger partial charge >= 0.3 is 0 Å². The van der Waals surface area contributed by atoms with Crippen molar-refractivity contribution in [1.29, 1.82) is 0 Å². The summed E-state index contributed by atoms with van der Waals surface area (Å²) in [6.45, 7) is 17.3. The summed E-state index contributed by atoms with van der Waals surface area (Å²) >= 11 is 0. The molecule has 0 radical (unpaired) electrons. The summed E-state index contributed by atoms with van der Waals surface area (Å²) < 4.78 is 6.03. The van der Waals surface area contributed by atoms with Crippen LogP contribution in [0.2, 0.25) is 0 Å². The van der Waals surface area contributed by atoms with Crippen molar-refractivity contribution >= 4 is 11.6 Å². The number of nitrogens with one attached hydrogen (secondary N) is 1. The predicted octanol–water partition coefficient (Wildman–Crippen LogP) is 6.05. The summed E-state index contributed by atoms with van der Waals surface area (Å²) in [5.41, 5.74) is 9.61. The normalized spacial score (nSPS) is 16.0. The number of likely N-dealkylation sites (tertiary alicyclic amines) is 1. The largest absolute Gasteiger partial charge is 0.489 e. The number of piperidine rings is 1. The van der Waals surface area contributed by atoms with Gasteiger partial charge in [0.15, 0.2) is 5.96 Å². The van der Waals surface area contributed by atoms with E-state index in [-0.39, 0.29) is 10.8 Å². The molecule has 2 aromatic carbocycles. The minimum absolute atomic E-state index is 0.0151. The number of rotatable bonds is 7. The second-order valence-corrected chi connectivity index (χ2v) is 11.6. The number of aliphatic imine (C=N–C) groups is 1. The van der Waals surface area contributed by atoms with E-state index in [0.717, 1.165) is 36.4 Å². The van der Waals surface area contributed by atoms with Crippen LogP contribution in [0.3, 0.4) is 0 Å². The van der Waals surface area contributed by atoms with Crippen LogP contribution in [-0.2, 0) is 12.0 Å². The van der Waals surface area contributed by atoms with Crippen molar-refractivity contribution in [3.8, 4) is 5.75 Å². The molecule has 5 nitrogen and oxygen atoms in total. The third-order valence-corrected chi connectivity index (χ3v) is 6.63. The molecule has 1 aliphatic heterocycles. The molecule has 2 aromatic rings. The molecule has 0 bridgehead atoms. The second kappa shape index (κ2) is 11.3. The average molecular weight is 465 g/mol. The number of nitrogens with zero attached hydrogens (tertiary/aromatic N) is 2. The van der Waals surface area contributed by atoms with Gasteiger partial charge in [-0.3, -0.25) is 4.99 Å². The summed E-state index contributed by atoms with van der Waals surface area (Å²) in [5.74, 6) is 2.58. The Labute approximate surface area is 206 Å². The summed E-state index contributed by atoms with van der Waals surface area (Å²) in [5, 5.41) is 3.56. The van der Waals surface area contributed by atoms with Crippen LogP contribution in [-0.4, -0.2) is 37.0 Å². The summed E-state index contributed by atoms with van der Waals surface area (Å²) in [7, 11) is 0. The van der Waals surface area contributed by atoms with Crippen LogP contribution in [0.4, 0.5) is 5.69 Å². The molecule has 1 heterocycles. The Kier molecular flexibility index (Phi) is 8.64. The highest BCUT2D eigenvalue weighted by molar-refractivity contribution is 5.93. The molecule has 1 aliphatic rings. The first-order chi connectivity index (χ1) is 16.1. The zero-order valence-corrected chi connectivity index (χ0v) is 22.0. The minimum atomic E-state index is -0.0151. The molecule has 0 spiro atoms. The van der Waals surface area contributed by atoms with Crippen molar-refractivity contribution in [2.75, 3.05) is 31.5 Å². The van der Waals surface area contributed by atoms with Crippen LogP contribution in [0.15, 0.2) is 53.5 Å². The first-order valence-electron chi connectivity index (χ1n) is 12.6. The number of hydrogen-bond acceptors (Lipinski definition) is 3. The third-order valence-electron chi connectivity index (χ3n) is 6.63. The van der Waals surface area contributed by atoms with E-state index in [1.54, 1.807) is 0 Å². The Bertz CT molecular complexity index is 918. The number of nitrogens with two attached hydrogens (primary N) is 1. The molecule has 0 unspecified atom stereocenters. The number of benzene rings is 2. The topological polar surface area (TPSA) is 62.9 Å². The zero-order chi connectivity index (χ0) is 24.8. The Hall–Kier alpha value is -2.53. The minimum Gasteiger partial charge on any atom is -0.489 e. The molecule has 3 N–H and O–H groups in total. The fourth-order valence-electron chi connectivity index (χ4n) is 3.82. The van der Waals surface area contributed by atoms with Crippen molar-refractivity contribution in [3.63, 3.8) is 0 Å². The van der Waals surface area contributed by atoms with Crippen molar-refractivity contribution < 1.29 is 4.74 Å². The maximum Gasteiger partial charge on any atom is 0.198 e. The molecule has 0 atom stereocenters. The van der Waals surface area contributed by atoms with Crippen LogP contribution < -0.4 is 15.8 Å². The quantitative estimate of drug-likeness (QED) is 0.387. The van der Waals surface area contributed by atoms with Crippen molar-refractivity contribution in [2.45, 2.75) is 66.4 Å². The lowest BCUT2D eigenvalue weighted by molar-refractivity contribution is 0.278. The summed E-state index contributed by atoms with van der Waals surface area (Å²) in [4.78, 5) is 7.33. The summed E-state index contributed by atoms with van der Waals surface area (Å²) in [6, 6.07) is 16.9. The molecular formula is C29H44N4O. The van der Waals surface area contributed by atoms with Crippen molar-refractivity contribution in [3.05, 3.63) is 59.7 Å². The molecule has 34 heavy (non-hydrogen) atoms. The van der Waals surface area contributed by atoms with Crippen LogP contribution >= 0.6 is 0 Å². The Morgan fingerprint density at radius 3 is 2.18 bits per heavy atom. The van der Waals surface area contributed by atoms with E-state index >= 15 is 0 Å². The van der Waals surface area contributed by atoms with E-state index < -0.39 is 0 Å². The fraction of sp³-hybridized carbons (Fsp3) is 0.552. The Balaban J connectivity index is 1.62. The van der Waals surface area contributed by atoms with Gasteiger partial charge in [-0.15, -0.1) is 0 Å². The molecule has 1 fully saturated rings. The lowest BCUT2D eigenvalue weighted by Gasteiger charge is -2.33. The monoisotopic (exact) mass is 464 g/mol.